The predicted octanol–water partition coefficient (Wildman–Crippen LogP) is 3.12. The van der Waals surface area contributed by atoms with Gasteiger partial charge in [0.15, 0.2) is 17.8 Å². The van der Waals surface area contributed by atoms with Crippen molar-refractivity contribution in [3.8, 4) is 11.5 Å². The van der Waals surface area contributed by atoms with Crippen LogP contribution in [0.1, 0.15) is 17.0 Å². The van der Waals surface area contributed by atoms with Gasteiger partial charge in [0.25, 0.3) is 11.8 Å². The molecule has 3 aromatic rings. The number of phenolic OH excluding ortho intramolecular Hbond substituents is 1. The molecule has 32 heavy (non-hydrogen) atoms. The topological polar surface area (TPSA) is 118 Å². The zero-order chi connectivity index (χ0) is 23.3. The average molecular weight is 461 g/mol. The SMILES string of the molecule is C=C(CCNC(=O)COc1ccc(Cl)c(F)c1)NC(=O)c1cc(=O)c2ccc(O)cc2o1. The second-order valence-corrected chi connectivity index (χ2v) is 7.08. The fourth-order valence-electron chi connectivity index (χ4n) is 2.66. The lowest BCUT2D eigenvalue weighted by molar-refractivity contribution is -0.123. The summed E-state index contributed by atoms with van der Waals surface area (Å²) in [6.45, 7) is 3.51. The number of phenols is 1. The smallest absolute Gasteiger partial charge is 0.291 e. The van der Waals surface area contributed by atoms with E-state index in [0.717, 1.165) is 12.1 Å². The molecule has 8 nitrogen and oxygen atoms in total. The van der Waals surface area contributed by atoms with Gasteiger partial charge in [-0.15, -0.1) is 0 Å². The Hall–Kier alpha value is -3.85. The third kappa shape index (κ3) is 5.86. The molecule has 0 fully saturated rings. The van der Waals surface area contributed by atoms with Gasteiger partial charge in [-0.2, -0.15) is 0 Å². The molecule has 0 saturated carbocycles. The Balaban J connectivity index is 1.46. The van der Waals surface area contributed by atoms with E-state index in [2.05, 4.69) is 17.2 Å². The number of carbonyl (C=O) groups is 2. The average Bonchev–Trinajstić information content (AvgIpc) is 2.74. The van der Waals surface area contributed by atoms with Crippen LogP contribution in [-0.4, -0.2) is 30.1 Å². The number of halogens is 2. The maximum atomic E-state index is 13.3. The standard InChI is InChI=1S/C22H18ClFN2O6/c1-12(6-7-25-21(29)11-31-14-3-5-16(23)17(24)9-14)26-22(30)20-10-18(28)15-4-2-13(27)8-19(15)32-20/h2-5,8-10,27H,1,6-7,11H2,(H,25,29)(H,26,30). The fraction of sp³-hybridized carbons (Fsp3) is 0.136. The Kier molecular flexibility index (Phi) is 7.11. The Bertz CT molecular complexity index is 1260. The van der Waals surface area contributed by atoms with Crippen molar-refractivity contribution in [2.24, 2.45) is 0 Å². The summed E-state index contributed by atoms with van der Waals surface area (Å²) < 4.78 is 23.9. The molecule has 1 aromatic heterocycles. The van der Waals surface area contributed by atoms with Crippen LogP contribution in [-0.2, 0) is 4.79 Å². The quantitative estimate of drug-likeness (QED) is 0.475. The van der Waals surface area contributed by atoms with E-state index in [1.807, 2.05) is 0 Å². The molecule has 0 aliphatic heterocycles. The Labute approximate surface area is 186 Å². The molecule has 2 aromatic carbocycles. The van der Waals surface area contributed by atoms with Gasteiger partial charge in [-0.25, -0.2) is 4.39 Å². The molecule has 0 aliphatic rings. The van der Waals surface area contributed by atoms with E-state index in [-0.39, 0.29) is 58.5 Å². The van der Waals surface area contributed by atoms with Crippen molar-refractivity contribution in [2.45, 2.75) is 6.42 Å². The highest BCUT2D eigenvalue weighted by atomic mass is 35.5. The number of rotatable bonds is 8. The number of aromatic hydroxyl groups is 1. The third-order valence-corrected chi connectivity index (χ3v) is 4.54. The molecular weight excluding hydrogens is 443 g/mol. The van der Waals surface area contributed by atoms with Gasteiger partial charge in [0.1, 0.15) is 22.9 Å². The lowest BCUT2D eigenvalue weighted by Gasteiger charge is -2.10. The van der Waals surface area contributed by atoms with E-state index in [1.165, 1.54) is 30.3 Å². The van der Waals surface area contributed by atoms with Gasteiger partial charge >= 0.3 is 0 Å². The predicted molar refractivity (Wildman–Crippen MR) is 115 cm³/mol. The van der Waals surface area contributed by atoms with Crippen molar-refractivity contribution in [1.29, 1.82) is 0 Å². The van der Waals surface area contributed by atoms with Crippen LogP contribution < -0.4 is 20.8 Å². The highest BCUT2D eigenvalue weighted by Gasteiger charge is 2.14. The highest BCUT2D eigenvalue weighted by Crippen LogP contribution is 2.20. The number of hydrogen-bond acceptors (Lipinski definition) is 6. The minimum Gasteiger partial charge on any atom is -0.508 e. The summed E-state index contributed by atoms with van der Waals surface area (Å²) in [5.74, 6) is -2.01. The Morgan fingerprint density at radius 1 is 1.19 bits per heavy atom. The first-order chi connectivity index (χ1) is 15.2. The summed E-state index contributed by atoms with van der Waals surface area (Å²) in [6.07, 6.45) is 0.200. The molecule has 1 heterocycles. The second kappa shape index (κ2) is 9.97. The van der Waals surface area contributed by atoms with Crippen LogP contribution in [0.15, 0.2) is 64.0 Å². The van der Waals surface area contributed by atoms with Gasteiger partial charge in [-0.05, 0) is 24.3 Å². The van der Waals surface area contributed by atoms with Crippen molar-refractivity contribution in [2.75, 3.05) is 13.2 Å². The summed E-state index contributed by atoms with van der Waals surface area (Å²) in [5, 5.41) is 14.7. The normalized spacial score (nSPS) is 10.6. The molecule has 2 amide bonds. The molecular formula is C22H18ClFN2O6. The van der Waals surface area contributed by atoms with Crippen molar-refractivity contribution in [3.63, 3.8) is 0 Å². The van der Waals surface area contributed by atoms with Gasteiger partial charge in [-0.3, -0.25) is 14.4 Å². The monoisotopic (exact) mass is 460 g/mol. The molecule has 0 saturated heterocycles. The van der Waals surface area contributed by atoms with Crippen molar-refractivity contribution in [1.82, 2.24) is 10.6 Å². The summed E-state index contributed by atoms with van der Waals surface area (Å²) in [6, 6.07) is 8.83. The summed E-state index contributed by atoms with van der Waals surface area (Å²) in [5.41, 5.74) is -0.0921. The molecule has 0 radical (unpaired) electrons. The van der Waals surface area contributed by atoms with Crippen molar-refractivity contribution < 1.29 is 28.2 Å². The van der Waals surface area contributed by atoms with Gasteiger partial charge in [-0.1, -0.05) is 18.2 Å². The zero-order valence-corrected chi connectivity index (χ0v) is 17.4. The third-order valence-electron chi connectivity index (χ3n) is 4.24. The first kappa shape index (κ1) is 22.8. The Morgan fingerprint density at radius 2 is 1.97 bits per heavy atom. The molecule has 3 rings (SSSR count). The van der Waals surface area contributed by atoms with Crippen molar-refractivity contribution >= 4 is 34.4 Å². The van der Waals surface area contributed by atoms with Crippen LogP contribution in [0.5, 0.6) is 11.5 Å². The van der Waals surface area contributed by atoms with Crippen LogP contribution in [0.3, 0.4) is 0 Å². The van der Waals surface area contributed by atoms with Crippen LogP contribution in [0.25, 0.3) is 11.0 Å². The fourth-order valence-corrected chi connectivity index (χ4v) is 2.78. The summed E-state index contributed by atoms with van der Waals surface area (Å²) in [7, 11) is 0. The highest BCUT2D eigenvalue weighted by molar-refractivity contribution is 6.30. The number of ether oxygens (including phenoxy) is 1. The molecule has 0 atom stereocenters. The number of hydrogen-bond donors (Lipinski definition) is 3. The van der Waals surface area contributed by atoms with E-state index >= 15 is 0 Å². The number of fused-ring (bicyclic) bond motifs is 1. The maximum absolute atomic E-state index is 13.3. The first-order valence-electron chi connectivity index (χ1n) is 9.33. The number of benzene rings is 2. The molecule has 3 N–H and O–H groups in total. The first-order valence-corrected chi connectivity index (χ1v) is 9.71. The van der Waals surface area contributed by atoms with E-state index in [4.69, 9.17) is 20.8 Å². The summed E-state index contributed by atoms with van der Waals surface area (Å²) >= 11 is 5.58. The molecule has 0 bridgehead atoms. The van der Waals surface area contributed by atoms with Gasteiger partial charge < -0.3 is 24.9 Å². The largest absolute Gasteiger partial charge is 0.508 e. The van der Waals surface area contributed by atoms with Crippen LogP contribution in [0.4, 0.5) is 4.39 Å². The van der Waals surface area contributed by atoms with Crippen LogP contribution in [0, 0.1) is 5.82 Å². The van der Waals surface area contributed by atoms with Gasteiger partial charge in [0, 0.05) is 36.9 Å². The minimum atomic E-state index is -0.697. The van der Waals surface area contributed by atoms with Gasteiger partial charge in [0.05, 0.1) is 10.4 Å². The van der Waals surface area contributed by atoms with Crippen molar-refractivity contribution in [3.05, 3.63) is 81.6 Å². The molecule has 0 aliphatic carbocycles. The second-order valence-electron chi connectivity index (χ2n) is 6.68. The van der Waals surface area contributed by atoms with E-state index in [9.17, 15) is 23.9 Å². The van der Waals surface area contributed by atoms with E-state index < -0.39 is 23.1 Å². The van der Waals surface area contributed by atoms with Crippen LogP contribution >= 0.6 is 11.6 Å². The minimum absolute atomic E-state index is 0.0523. The van der Waals surface area contributed by atoms with E-state index in [0.29, 0.717) is 0 Å². The number of amides is 2. The zero-order valence-electron chi connectivity index (χ0n) is 16.6. The van der Waals surface area contributed by atoms with Crippen LogP contribution in [0.2, 0.25) is 5.02 Å². The maximum Gasteiger partial charge on any atom is 0.291 e. The summed E-state index contributed by atoms with van der Waals surface area (Å²) in [4.78, 5) is 36.3. The lowest BCUT2D eigenvalue weighted by Crippen LogP contribution is -2.31. The van der Waals surface area contributed by atoms with E-state index in [1.54, 1.807) is 0 Å². The Morgan fingerprint density at radius 3 is 2.72 bits per heavy atom. The number of nitrogens with one attached hydrogen (secondary N) is 2. The molecule has 166 valence electrons. The molecule has 0 unspecified atom stereocenters. The number of carbonyl (C=O) groups excluding carboxylic acids is 2. The molecule has 0 spiro atoms. The lowest BCUT2D eigenvalue weighted by atomic mass is 10.2. The van der Waals surface area contributed by atoms with Gasteiger partial charge in [0.2, 0.25) is 0 Å². The molecule has 10 heteroatoms.